The quantitative estimate of drug-likeness (QED) is 0.448. The Balaban J connectivity index is 3.06. The van der Waals surface area contributed by atoms with E-state index in [0.717, 1.165) is 22.5 Å². The van der Waals surface area contributed by atoms with Gasteiger partial charge in [0.1, 0.15) is 6.54 Å². The van der Waals surface area contributed by atoms with Crippen LogP contribution in [0, 0.1) is 0 Å². The molecule has 1 rings (SSSR count). The van der Waals surface area contributed by atoms with E-state index in [1.807, 2.05) is 24.5 Å². The molecule has 3 N–H and O–H groups in total. The highest BCUT2D eigenvalue weighted by Crippen LogP contribution is 2.18. The van der Waals surface area contributed by atoms with Gasteiger partial charge in [0.15, 0.2) is 0 Å². The lowest BCUT2D eigenvalue weighted by Crippen LogP contribution is -2.42. The normalized spacial score (nSPS) is 11.1. The zero-order valence-electron chi connectivity index (χ0n) is 10.4. The van der Waals surface area contributed by atoms with Gasteiger partial charge >= 0.3 is 0 Å². The third-order valence-electron chi connectivity index (χ3n) is 2.48. The lowest BCUT2D eigenvalue weighted by Gasteiger charge is -2.21. The van der Waals surface area contributed by atoms with Crippen molar-refractivity contribution in [2.24, 2.45) is 5.84 Å². The summed E-state index contributed by atoms with van der Waals surface area (Å²) in [5.74, 6) is 4.40. The van der Waals surface area contributed by atoms with E-state index in [-0.39, 0.29) is 6.54 Å². The van der Waals surface area contributed by atoms with Crippen LogP contribution in [0.3, 0.4) is 0 Å². The van der Waals surface area contributed by atoms with Crippen molar-refractivity contribution < 1.29 is 13.2 Å². The number of aryl methyl sites for hydroxylation is 1. The van der Waals surface area contributed by atoms with Crippen molar-refractivity contribution >= 4 is 21.6 Å². The number of nitrogens with two attached hydrogens (primary N) is 1. The number of rotatable bonds is 5. The van der Waals surface area contributed by atoms with Crippen LogP contribution in [-0.2, 0) is 21.2 Å². The molecule has 0 aliphatic rings. The van der Waals surface area contributed by atoms with Gasteiger partial charge < -0.3 is 0 Å². The Hall–Kier alpha value is -1.60. The average Bonchev–Trinajstić information content (AvgIpc) is 2.34. The molecule has 0 fully saturated rings. The van der Waals surface area contributed by atoms with E-state index >= 15 is 0 Å². The molecule has 1 amide bonds. The maximum atomic E-state index is 11.6. The number of nitrogens with zero attached hydrogens (tertiary/aromatic N) is 1. The van der Waals surface area contributed by atoms with E-state index in [2.05, 4.69) is 0 Å². The first kappa shape index (κ1) is 14.5. The molecule has 100 valence electrons. The van der Waals surface area contributed by atoms with Crippen LogP contribution in [0.1, 0.15) is 12.5 Å². The topological polar surface area (TPSA) is 92.5 Å². The molecular formula is C11H17N3O3S. The fourth-order valence-corrected chi connectivity index (χ4v) is 2.33. The van der Waals surface area contributed by atoms with Gasteiger partial charge in [-0.1, -0.05) is 19.1 Å². The Morgan fingerprint density at radius 1 is 1.33 bits per heavy atom. The maximum Gasteiger partial charge on any atom is 0.254 e. The summed E-state index contributed by atoms with van der Waals surface area (Å²) < 4.78 is 24.3. The van der Waals surface area contributed by atoms with Crippen LogP contribution in [0.5, 0.6) is 0 Å². The molecular weight excluding hydrogens is 254 g/mol. The van der Waals surface area contributed by atoms with Crippen molar-refractivity contribution in [2.75, 3.05) is 17.1 Å². The molecule has 0 saturated carbocycles. The summed E-state index contributed by atoms with van der Waals surface area (Å²) in [4.78, 5) is 11.2. The summed E-state index contributed by atoms with van der Waals surface area (Å²) in [6.45, 7) is 1.67. The highest BCUT2D eigenvalue weighted by Gasteiger charge is 2.20. The molecule has 1 aromatic carbocycles. The number of benzene rings is 1. The van der Waals surface area contributed by atoms with Crippen LogP contribution in [0.25, 0.3) is 0 Å². The van der Waals surface area contributed by atoms with Crippen molar-refractivity contribution in [2.45, 2.75) is 13.3 Å². The molecule has 0 spiro atoms. The molecule has 0 aliphatic carbocycles. The first-order chi connectivity index (χ1) is 8.38. The minimum Gasteiger partial charge on any atom is -0.293 e. The fraction of sp³-hybridized carbons (Fsp3) is 0.364. The van der Waals surface area contributed by atoms with Crippen LogP contribution in [0.2, 0.25) is 0 Å². The second kappa shape index (κ2) is 5.83. The number of carbonyl (C=O) groups excluding carboxylic acids is 1. The van der Waals surface area contributed by atoms with Gasteiger partial charge in [-0.15, -0.1) is 0 Å². The molecule has 18 heavy (non-hydrogen) atoms. The van der Waals surface area contributed by atoms with Crippen LogP contribution in [0.4, 0.5) is 5.69 Å². The van der Waals surface area contributed by atoms with Crippen molar-refractivity contribution in [3.05, 3.63) is 29.8 Å². The molecule has 0 saturated heterocycles. The Morgan fingerprint density at radius 3 is 2.28 bits per heavy atom. The van der Waals surface area contributed by atoms with Gasteiger partial charge in [-0.2, -0.15) is 0 Å². The summed E-state index contributed by atoms with van der Waals surface area (Å²) in [6, 6.07) is 7.00. The smallest absolute Gasteiger partial charge is 0.254 e. The predicted octanol–water partition coefficient (Wildman–Crippen LogP) is 0.00490. The zero-order chi connectivity index (χ0) is 13.8. The van der Waals surface area contributed by atoms with Crippen molar-refractivity contribution in [3.8, 4) is 0 Å². The highest BCUT2D eigenvalue weighted by molar-refractivity contribution is 7.92. The molecule has 0 aromatic heterocycles. The molecule has 0 atom stereocenters. The van der Waals surface area contributed by atoms with Gasteiger partial charge in [0, 0.05) is 0 Å². The number of hydrazine groups is 1. The first-order valence-corrected chi connectivity index (χ1v) is 7.29. The molecule has 6 nitrogen and oxygen atoms in total. The zero-order valence-corrected chi connectivity index (χ0v) is 11.2. The maximum absolute atomic E-state index is 11.6. The highest BCUT2D eigenvalue weighted by atomic mass is 32.2. The van der Waals surface area contributed by atoms with Crippen molar-refractivity contribution in [1.82, 2.24) is 5.43 Å². The SMILES string of the molecule is CCc1ccc(N(CC(=O)NN)S(C)(=O)=O)cc1. The molecule has 0 bridgehead atoms. The van der Waals surface area contributed by atoms with Crippen molar-refractivity contribution in [1.29, 1.82) is 0 Å². The summed E-state index contributed by atoms with van der Waals surface area (Å²) in [6.07, 6.45) is 1.91. The van der Waals surface area contributed by atoms with E-state index in [1.54, 1.807) is 12.1 Å². The minimum absolute atomic E-state index is 0.333. The number of hydrogen-bond acceptors (Lipinski definition) is 4. The van der Waals surface area contributed by atoms with Crippen LogP contribution < -0.4 is 15.6 Å². The summed E-state index contributed by atoms with van der Waals surface area (Å²) in [5.41, 5.74) is 3.45. The van der Waals surface area contributed by atoms with Gasteiger partial charge in [-0.3, -0.25) is 14.5 Å². The number of carbonyl (C=O) groups is 1. The largest absolute Gasteiger partial charge is 0.293 e. The monoisotopic (exact) mass is 271 g/mol. The molecule has 0 heterocycles. The van der Waals surface area contributed by atoms with Gasteiger partial charge in [0.05, 0.1) is 11.9 Å². The molecule has 0 unspecified atom stereocenters. The van der Waals surface area contributed by atoms with E-state index in [1.165, 1.54) is 0 Å². The van der Waals surface area contributed by atoms with Gasteiger partial charge in [-0.05, 0) is 24.1 Å². The Kier molecular flexibility index (Phi) is 4.69. The molecule has 0 radical (unpaired) electrons. The first-order valence-electron chi connectivity index (χ1n) is 5.44. The molecule has 7 heteroatoms. The average molecular weight is 271 g/mol. The fourth-order valence-electron chi connectivity index (χ4n) is 1.47. The lowest BCUT2D eigenvalue weighted by molar-refractivity contribution is -0.119. The molecule has 0 aliphatic heterocycles. The van der Waals surface area contributed by atoms with E-state index < -0.39 is 15.9 Å². The standard InChI is InChI=1S/C11H17N3O3S/c1-3-9-4-6-10(7-5-9)14(18(2,16)17)8-11(15)13-12/h4-7H,3,8,12H2,1-2H3,(H,13,15). The minimum atomic E-state index is -3.53. The van der Waals surface area contributed by atoms with Gasteiger partial charge in [0.25, 0.3) is 5.91 Å². The summed E-state index contributed by atoms with van der Waals surface area (Å²) in [7, 11) is -3.53. The van der Waals surface area contributed by atoms with Crippen molar-refractivity contribution in [3.63, 3.8) is 0 Å². The lowest BCUT2D eigenvalue weighted by atomic mass is 10.1. The number of hydrogen-bond donors (Lipinski definition) is 2. The second-order valence-corrected chi connectivity index (χ2v) is 5.76. The number of anilines is 1. The van der Waals surface area contributed by atoms with Crippen LogP contribution in [-0.4, -0.2) is 27.1 Å². The summed E-state index contributed by atoms with van der Waals surface area (Å²) in [5, 5.41) is 0. The van der Waals surface area contributed by atoms with Crippen LogP contribution >= 0.6 is 0 Å². The predicted molar refractivity (Wildman–Crippen MR) is 70.3 cm³/mol. The Bertz CT molecular complexity index is 511. The second-order valence-electron chi connectivity index (χ2n) is 3.86. The van der Waals surface area contributed by atoms with Gasteiger partial charge in [-0.25, -0.2) is 14.3 Å². The van der Waals surface area contributed by atoms with Gasteiger partial charge in [0.2, 0.25) is 10.0 Å². The summed E-state index contributed by atoms with van der Waals surface area (Å²) >= 11 is 0. The Morgan fingerprint density at radius 2 is 1.89 bits per heavy atom. The third-order valence-corrected chi connectivity index (χ3v) is 3.62. The number of nitrogens with one attached hydrogen (secondary N) is 1. The Labute approximate surface area is 107 Å². The van der Waals surface area contributed by atoms with E-state index in [4.69, 9.17) is 5.84 Å². The number of sulfonamides is 1. The third kappa shape index (κ3) is 3.71. The van der Waals surface area contributed by atoms with E-state index in [0.29, 0.717) is 5.69 Å². The van der Waals surface area contributed by atoms with Crippen LogP contribution in [0.15, 0.2) is 24.3 Å². The molecule has 1 aromatic rings. The number of amides is 1. The van der Waals surface area contributed by atoms with E-state index in [9.17, 15) is 13.2 Å².